The van der Waals surface area contributed by atoms with Crippen molar-refractivity contribution < 1.29 is 4.79 Å². The zero-order valence-corrected chi connectivity index (χ0v) is 14.9. The van der Waals surface area contributed by atoms with E-state index in [1.165, 1.54) is 6.42 Å². The number of hydrogen-bond acceptors (Lipinski definition) is 3. The smallest absolute Gasteiger partial charge is 0.317 e. The summed E-state index contributed by atoms with van der Waals surface area (Å²) in [6, 6.07) is 7.58. The van der Waals surface area contributed by atoms with Gasteiger partial charge in [0.15, 0.2) is 0 Å². The number of hydrogen-bond donors (Lipinski definition) is 1. The van der Waals surface area contributed by atoms with Gasteiger partial charge in [0.2, 0.25) is 0 Å². The maximum absolute atomic E-state index is 12.2. The standard InChI is InChI=1S/C17H27ClN4O/c1-20(2)8-3-9-21-10-12-22(13-11-21)17(23)19-14-15-4-6-16(18)7-5-15/h4-7H,3,8-14H2,1-2H3,(H,19,23). The van der Waals surface area contributed by atoms with Crippen LogP contribution in [0.5, 0.6) is 0 Å². The van der Waals surface area contributed by atoms with Gasteiger partial charge in [0, 0.05) is 37.7 Å². The molecule has 2 rings (SSSR count). The van der Waals surface area contributed by atoms with Gasteiger partial charge in [-0.3, -0.25) is 4.90 Å². The number of carbonyl (C=O) groups excluding carboxylic acids is 1. The number of carbonyl (C=O) groups is 1. The molecule has 0 aromatic heterocycles. The van der Waals surface area contributed by atoms with Crippen molar-refractivity contribution in [3.63, 3.8) is 0 Å². The SMILES string of the molecule is CN(C)CCCN1CCN(C(=O)NCc2ccc(Cl)cc2)CC1. The van der Waals surface area contributed by atoms with Gasteiger partial charge in [-0.25, -0.2) is 4.79 Å². The fraction of sp³-hybridized carbons (Fsp3) is 0.588. The second kappa shape index (κ2) is 9.11. The second-order valence-electron chi connectivity index (χ2n) is 6.27. The maximum Gasteiger partial charge on any atom is 0.317 e. The van der Waals surface area contributed by atoms with Gasteiger partial charge < -0.3 is 15.1 Å². The van der Waals surface area contributed by atoms with Crippen molar-refractivity contribution in [3.8, 4) is 0 Å². The summed E-state index contributed by atoms with van der Waals surface area (Å²) >= 11 is 5.86. The molecule has 2 amide bonds. The van der Waals surface area contributed by atoms with Crippen molar-refractivity contribution in [2.24, 2.45) is 0 Å². The summed E-state index contributed by atoms with van der Waals surface area (Å²) < 4.78 is 0. The predicted molar refractivity (Wildman–Crippen MR) is 94.9 cm³/mol. The monoisotopic (exact) mass is 338 g/mol. The lowest BCUT2D eigenvalue weighted by Gasteiger charge is -2.34. The van der Waals surface area contributed by atoms with Gasteiger partial charge in [-0.05, 0) is 51.3 Å². The first-order valence-corrected chi connectivity index (χ1v) is 8.56. The van der Waals surface area contributed by atoms with E-state index in [1.54, 1.807) is 0 Å². The molecule has 1 fully saturated rings. The van der Waals surface area contributed by atoms with Crippen molar-refractivity contribution in [2.75, 3.05) is 53.4 Å². The summed E-state index contributed by atoms with van der Waals surface area (Å²) in [6.45, 7) is 6.28. The molecule has 6 heteroatoms. The molecule has 0 unspecified atom stereocenters. The Morgan fingerprint density at radius 2 is 1.83 bits per heavy atom. The van der Waals surface area contributed by atoms with Crippen molar-refractivity contribution >= 4 is 17.6 Å². The lowest BCUT2D eigenvalue weighted by molar-refractivity contribution is 0.136. The fourth-order valence-corrected chi connectivity index (χ4v) is 2.80. The average Bonchev–Trinajstić information content (AvgIpc) is 2.54. The number of nitrogens with one attached hydrogen (secondary N) is 1. The van der Waals surface area contributed by atoms with E-state index in [0.717, 1.165) is 44.8 Å². The number of benzene rings is 1. The van der Waals surface area contributed by atoms with Crippen LogP contribution in [0.4, 0.5) is 4.79 Å². The molecular weight excluding hydrogens is 312 g/mol. The van der Waals surface area contributed by atoms with Gasteiger partial charge in [-0.1, -0.05) is 23.7 Å². The molecule has 0 radical (unpaired) electrons. The van der Waals surface area contributed by atoms with E-state index in [9.17, 15) is 4.79 Å². The third kappa shape index (κ3) is 6.37. The van der Waals surface area contributed by atoms with Crippen LogP contribution in [-0.2, 0) is 6.54 Å². The maximum atomic E-state index is 12.2. The van der Waals surface area contributed by atoms with E-state index < -0.39 is 0 Å². The highest BCUT2D eigenvalue weighted by atomic mass is 35.5. The Morgan fingerprint density at radius 3 is 2.43 bits per heavy atom. The molecule has 0 saturated carbocycles. The van der Waals surface area contributed by atoms with Gasteiger partial charge in [-0.15, -0.1) is 0 Å². The molecule has 5 nitrogen and oxygen atoms in total. The van der Waals surface area contributed by atoms with Crippen molar-refractivity contribution in [2.45, 2.75) is 13.0 Å². The van der Waals surface area contributed by atoms with E-state index in [2.05, 4.69) is 29.2 Å². The van der Waals surface area contributed by atoms with Crippen LogP contribution in [0.15, 0.2) is 24.3 Å². The largest absolute Gasteiger partial charge is 0.334 e. The molecule has 1 aromatic carbocycles. The van der Waals surface area contributed by atoms with E-state index in [-0.39, 0.29) is 6.03 Å². The molecular formula is C17H27ClN4O. The van der Waals surface area contributed by atoms with Gasteiger partial charge in [0.05, 0.1) is 0 Å². The molecule has 1 heterocycles. The first-order chi connectivity index (χ1) is 11.0. The number of halogens is 1. The van der Waals surface area contributed by atoms with Crippen LogP contribution in [0, 0.1) is 0 Å². The minimum Gasteiger partial charge on any atom is -0.334 e. The number of rotatable bonds is 6. The highest BCUT2D eigenvalue weighted by molar-refractivity contribution is 6.30. The quantitative estimate of drug-likeness (QED) is 0.863. The van der Waals surface area contributed by atoms with E-state index in [4.69, 9.17) is 11.6 Å². The Labute approximate surface area is 144 Å². The van der Waals surface area contributed by atoms with Crippen LogP contribution < -0.4 is 5.32 Å². The van der Waals surface area contributed by atoms with Gasteiger partial charge >= 0.3 is 6.03 Å². The zero-order chi connectivity index (χ0) is 16.7. The lowest BCUT2D eigenvalue weighted by Crippen LogP contribution is -2.51. The molecule has 1 aliphatic rings. The van der Waals surface area contributed by atoms with Crippen LogP contribution in [0.25, 0.3) is 0 Å². The summed E-state index contributed by atoms with van der Waals surface area (Å²) in [6.07, 6.45) is 1.18. The molecule has 0 aliphatic carbocycles. The molecule has 1 aromatic rings. The Morgan fingerprint density at radius 1 is 1.17 bits per heavy atom. The van der Waals surface area contributed by atoms with Crippen molar-refractivity contribution in [3.05, 3.63) is 34.9 Å². The van der Waals surface area contributed by atoms with Crippen LogP contribution in [0.1, 0.15) is 12.0 Å². The van der Waals surface area contributed by atoms with Gasteiger partial charge in [0.25, 0.3) is 0 Å². The first kappa shape index (κ1) is 18.0. The Balaban J connectivity index is 1.66. The molecule has 0 atom stereocenters. The molecule has 0 spiro atoms. The Bertz CT molecular complexity index is 484. The lowest BCUT2D eigenvalue weighted by atomic mass is 10.2. The van der Waals surface area contributed by atoms with Crippen molar-refractivity contribution in [1.29, 1.82) is 0 Å². The topological polar surface area (TPSA) is 38.8 Å². The number of piperazine rings is 1. The van der Waals surface area contributed by atoms with Crippen LogP contribution in [0.3, 0.4) is 0 Å². The fourth-order valence-electron chi connectivity index (χ4n) is 2.68. The summed E-state index contributed by atoms with van der Waals surface area (Å²) in [7, 11) is 4.20. The Hall–Kier alpha value is -1.30. The highest BCUT2D eigenvalue weighted by Gasteiger charge is 2.20. The molecule has 1 aliphatic heterocycles. The van der Waals surface area contributed by atoms with Crippen LogP contribution >= 0.6 is 11.6 Å². The summed E-state index contributed by atoms with van der Waals surface area (Å²) in [5, 5.41) is 3.69. The highest BCUT2D eigenvalue weighted by Crippen LogP contribution is 2.09. The number of urea groups is 1. The third-order valence-corrected chi connectivity index (χ3v) is 4.35. The summed E-state index contributed by atoms with van der Waals surface area (Å²) in [5.74, 6) is 0. The molecule has 1 saturated heterocycles. The molecule has 0 bridgehead atoms. The predicted octanol–water partition coefficient (Wildman–Crippen LogP) is 2.12. The van der Waals surface area contributed by atoms with E-state index in [1.807, 2.05) is 29.2 Å². The minimum atomic E-state index is 0.0212. The second-order valence-corrected chi connectivity index (χ2v) is 6.71. The summed E-state index contributed by atoms with van der Waals surface area (Å²) in [4.78, 5) is 18.8. The van der Waals surface area contributed by atoms with Crippen LogP contribution in [-0.4, -0.2) is 74.1 Å². The van der Waals surface area contributed by atoms with Gasteiger partial charge in [-0.2, -0.15) is 0 Å². The van der Waals surface area contributed by atoms with E-state index in [0.29, 0.717) is 11.6 Å². The molecule has 1 N–H and O–H groups in total. The Kier molecular flexibility index (Phi) is 7.15. The van der Waals surface area contributed by atoms with Gasteiger partial charge in [0.1, 0.15) is 0 Å². The third-order valence-electron chi connectivity index (χ3n) is 4.10. The average molecular weight is 339 g/mol. The number of nitrogens with zero attached hydrogens (tertiary/aromatic N) is 3. The summed E-state index contributed by atoms with van der Waals surface area (Å²) in [5.41, 5.74) is 1.06. The molecule has 128 valence electrons. The van der Waals surface area contributed by atoms with Crippen molar-refractivity contribution in [1.82, 2.24) is 20.0 Å². The normalized spacial score (nSPS) is 15.9. The first-order valence-electron chi connectivity index (χ1n) is 8.19. The van der Waals surface area contributed by atoms with E-state index >= 15 is 0 Å². The number of amides is 2. The minimum absolute atomic E-state index is 0.0212. The van der Waals surface area contributed by atoms with Crippen LogP contribution in [0.2, 0.25) is 5.02 Å². The molecule has 23 heavy (non-hydrogen) atoms. The zero-order valence-electron chi connectivity index (χ0n) is 14.1.